The first-order chi connectivity index (χ1) is 34.1. The van der Waals surface area contributed by atoms with Crippen LogP contribution in [-0.2, 0) is 6.18 Å². The van der Waals surface area contributed by atoms with Gasteiger partial charge in [-0.05, 0) is 156 Å². The maximum atomic E-state index is 12.9. The molecular weight excluding hydrogens is 920 g/mol. The standard InChI is InChI=1S/C10H13F.C10H14.C9H10F3N.C9H11F.2C9H13N.C8H11N/c1-7(2)9-5-4-8(3)10(11)6-9;1-8(2)10-6-4-9(3)5-7-10;1-6(2)7-3-4-8(13-5-7)9(10,11)12;1-7(2)8-3-5-9(10)6-4-8;1-7(2)9-4-8(3)5-10-6-9;1-7(2)9-5-4-8(3)10-6-9;1-7(2)8-4-3-5-9-6-8/h4-7H,1-3H3;4-8H,1-3H3;3-6H,1-2H3;3-7H,1-2H3;2*4-7H,1-3H3;3-7H,1-2H3. The molecule has 0 aliphatic heterocycles. The Morgan fingerprint density at radius 2 is 0.795 bits per heavy atom. The number of aryl methyl sites for hydroxylation is 4. The molecule has 0 atom stereocenters. The monoisotopic (exact) mass is 1000 g/mol. The molecule has 0 N–H and O–H groups in total. The Bertz CT molecular complexity index is 2390. The average molecular weight is 1010 g/mol. The number of benzene rings is 3. The summed E-state index contributed by atoms with van der Waals surface area (Å²) in [5.41, 5.74) is 12.0. The summed E-state index contributed by atoms with van der Waals surface area (Å²) in [6, 6.07) is 33.6. The van der Waals surface area contributed by atoms with Crippen molar-refractivity contribution in [3.05, 3.63) is 225 Å². The number of pyridine rings is 4. The van der Waals surface area contributed by atoms with E-state index >= 15 is 0 Å². The van der Waals surface area contributed by atoms with Crippen LogP contribution in [0.25, 0.3) is 0 Å². The van der Waals surface area contributed by atoms with Gasteiger partial charge in [-0.15, -0.1) is 0 Å². The van der Waals surface area contributed by atoms with Crippen LogP contribution in [0.2, 0.25) is 0 Å². The van der Waals surface area contributed by atoms with Crippen LogP contribution in [0.5, 0.6) is 0 Å². The van der Waals surface area contributed by atoms with Crippen LogP contribution in [0.3, 0.4) is 0 Å². The lowest BCUT2D eigenvalue weighted by atomic mass is 10.0. The minimum absolute atomic E-state index is 0.101. The van der Waals surface area contributed by atoms with E-state index < -0.39 is 11.9 Å². The number of nitrogens with zero attached hydrogens (tertiary/aromatic N) is 4. The smallest absolute Gasteiger partial charge is 0.264 e. The van der Waals surface area contributed by atoms with Crippen molar-refractivity contribution in [2.75, 3.05) is 0 Å². The van der Waals surface area contributed by atoms with E-state index in [-0.39, 0.29) is 17.6 Å². The second-order valence-corrected chi connectivity index (χ2v) is 20.3. The van der Waals surface area contributed by atoms with Gasteiger partial charge in [0.05, 0.1) is 0 Å². The second kappa shape index (κ2) is 33.6. The van der Waals surface area contributed by atoms with Crippen LogP contribution in [0.15, 0.2) is 146 Å². The van der Waals surface area contributed by atoms with Crippen molar-refractivity contribution in [1.29, 1.82) is 0 Å². The molecule has 0 aliphatic rings. The summed E-state index contributed by atoms with van der Waals surface area (Å²) in [7, 11) is 0. The van der Waals surface area contributed by atoms with Gasteiger partial charge in [-0.2, -0.15) is 13.2 Å². The summed E-state index contributed by atoms with van der Waals surface area (Å²) in [6.07, 6.45) is 6.39. The molecular formula is C64H85F5N4. The van der Waals surface area contributed by atoms with Gasteiger partial charge in [0.2, 0.25) is 0 Å². The van der Waals surface area contributed by atoms with Crippen molar-refractivity contribution < 1.29 is 22.0 Å². The van der Waals surface area contributed by atoms with Crippen molar-refractivity contribution in [3.63, 3.8) is 0 Å². The highest BCUT2D eigenvalue weighted by Crippen LogP contribution is 2.28. The van der Waals surface area contributed by atoms with Gasteiger partial charge in [-0.1, -0.05) is 175 Å². The Morgan fingerprint density at radius 3 is 1.15 bits per heavy atom. The van der Waals surface area contributed by atoms with Crippen LogP contribution >= 0.6 is 0 Å². The first kappa shape index (κ1) is 64.9. The Balaban J connectivity index is 0.000000427. The highest BCUT2D eigenvalue weighted by molar-refractivity contribution is 5.26. The SMILES string of the molecule is CC(C)c1ccc(C(F)(F)F)nc1.CC(C)c1ccc(F)cc1.CC(C)c1cccnc1.Cc1ccc(C(C)C)cc1.Cc1ccc(C(C)C)cc1F.Cc1ccc(C(C)C)cn1.Cc1cncc(C(C)C)c1. The molecule has 0 radical (unpaired) electrons. The third kappa shape index (κ3) is 27.5. The molecule has 396 valence electrons. The van der Waals surface area contributed by atoms with Crippen molar-refractivity contribution in [1.82, 2.24) is 19.9 Å². The van der Waals surface area contributed by atoms with E-state index in [0.29, 0.717) is 35.5 Å². The minimum Gasteiger partial charge on any atom is -0.264 e. The van der Waals surface area contributed by atoms with Gasteiger partial charge in [0.1, 0.15) is 17.3 Å². The van der Waals surface area contributed by atoms with Crippen molar-refractivity contribution in [2.24, 2.45) is 0 Å². The Kier molecular flexibility index (Phi) is 29.9. The Morgan fingerprint density at radius 1 is 0.370 bits per heavy atom. The minimum atomic E-state index is -4.34. The Labute approximate surface area is 437 Å². The van der Waals surface area contributed by atoms with E-state index in [2.05, 4.69) is 165 Å². The molecule has 0 saturated carbocycles. The predicted molar refractivity (Wildman–Crippen MR) is 299 cm³/mol. The molecule has 0 fully saturated rings. The van der Waals surface area contributed by atoms with E-state index in [9.17, 15) is 22.0 Å². The zero-order valence-corrected chi connectivity index (χ0v) is 47.1. The quantitative estimate of drug-likeness (QED) is 0.149. The summed E-state index contributed by atoms with van der Waals surface area (Å²) in [6.45, 7) is 37.5. The molecule has 4 aromatic heterocycles. The topological polar surface area (TPSA) is 51.6 Å². The number of alkyl halides is 3. The van der Waals surface area contributed by atoms with Crippen molar-refractivity contribution >= 4 is 0 Å². The molecule has 3 aromatic carbocycles. The molecule has 4 nitrogen and oxygen atoms in total. The lowest BCUT2D eigenvalue weighted by molar-refractivity contribution is -0.141. The summed E-state index contributed by atoms with van der Waals surface area (Å²) in [4.78, 5) is 15.7. The lowest BCUT2D eigenvalue weighted by Gasteiger charge is -2.07. The summed E-state index contributed by atoms with van der Waals surface area (Å²) < 4.78 is 61.5. The molecule has 0 aliphatic carbocycles. The van der Waals surface area contributed by atoms with Crippen LogP contribution in [0.1, 0.15) is 205 Å². The number of aromatic nitrogens is 4. The fourth-order valence-corrected chi connectivity index (χ4v) is 6.11. The first-order valence-corrected chi connectivity index (χ1v) is 25.5. The highest BCUT2D eigenvalue weighted by Gasteiger charge is 2.32. The van der Waals surface area contributed by atoms with Gasteiger partial charge in [0, 0.05) is 42.9 Å². The van der Waals surface area contributed by atoms with Gasteiger partial charge in [-0.3, -0.25) is 19.9 Å². The third-order valence-electron chi connectivity index (χ3n) is 11.4. The van der Waals surface area contributed by atoms with Gasteiger partial charge >= 0.3 is 6.18 Å². The summed E-state index contributed by atoms with van der Waals surface area (Å²) in [5.74, 6) is 3.26. The lowest BCUT2D eigenvalue weighted by Crippen LogP contribution is -2.07. The predicted octanol–water partition coefficient (Wildman–Crippen LogP) is 19.8. The zero-order valence-electron chi connectivity index (χ0n) is 47.1. The molecule has 0 unspecified atom stereocenters. The molecule has 7 aromatic rings. The number of hydrogen-bond acceptors (Lipinski definition) is 4. The van der Waals surface area contributed by atoms with Crippen molar-refractivity contribution in [3.8, 4) is 0 Å². The van der Waals surface area contributed by atoms with Gasteiger partial charge in [0.15, 0.2) is 0 Å². The highest BCUT2D eigenvalue weighted by atomic mass is 19.4. The molecule has 9 heteroatoms. The zero-order chi connectivity index (χ0) is 55.4. The fourth-order valence-electron chi connectivity index (χ4n) is 6.11. The van der Waals surface area contributed by atoms with Crippen molar-refractivity contribution in [2.45, 2.75) is 172 Å². The van der Waals surface area contributed by atoms with E-state index in [1.165, 1.54) is 63.3 Å². The van der Waals surface area contributed by atoms with E-state index in [1.54, 1.807) is 19.2 Å². The maximum absolute atomic E-state index is 12.9. The van der Waals surface area contributed by atoms with E-state index in [4.69, 9.17) is 0 Å². The van der Waals surface area contributed by atoms with E-state index in [1.807, 2.05) is 75.9 Å². The average Bonchev–Trinajstić information content (AvgIpc) is 3.34. The van der Waals surface area contributed by atoms with Crippen LogP contribution in [-0.4, -0.2) is 19.9 Å². The summed E-state index contributed by atoms with van der Waals surface area (Å²) in [5, 5.41) is 0. The normalized spacial score (nSPS) is 10.7. The summed E-state index contributed by atoms with van der Waals surface area (Å²) >= 11 is 0. The Hall–Kier alpha value is -6.09. The van der Waals surface area contributed by atoms with E-state index in [0.717, 1.165) is 28.5 Å². The maximum Gasteiger partial charge on any atom is 0.433 e. The van der Waals surface area contributed by atoms with Gasteiger partial charge < -0.3 is 0 Å². The molecule has 0 spiro atoms. The van der Waals surface area contributed by atoms with Crippen LogP contribution in [0, 0.1) is 39.3 Å². The third-order valence-corrected chi connectivity index (χ3v) is 11.4. The van der Waals surface area contributed by atoms with Crippen LogP contribution in [0.4, 0.5) is 22.0 Å². The number of hydrogen-bond donors (Lipinski definition) is 0. The number of rotatable bonds is 7. The number of halogens is 5. The van der Waals surface area contributed by atoms with Gasteiger partial charge in [-0.25, -0.2) is 8.78 Å². The van der Waals surface area contributed by atoms with Crippen LogP contribution < -0.4 is 0 Å². The molecule has 0 amide bonds. The fraction of sp³-hybridized carbons (Fsp3) is 0.406. The largest absolute Gasteiger partial charge is 0.433 e. The molecule has 0 saturated heterocycles. The molecule has 4 heterocycles. The second-order valence-electron chi connectivity index (χ2n) is 20.3. The molecule has 7 rings (SSSR count). The van der Waals surface area contributed by atoms with Gasteiger partial charge in [0.25, 0.3) is 0 Å². The first-order valence-electron chi connectivity index (χ1n) is 25.5. The molecule has 73 heavy (non-hydrogen) atoms. The molecule has 0 bridgehead atoms.